The predicted molar refractivity (Wildman–Crippen MR) is 54.8 cm³/mol. The fourth-order valence-electron chi connectivity index (χ4n) is 0.887. The average molecular weight is 200 g/mol. The van der Waals surface area contributed by atoms with Gasteiger partial charge in [0.1, 0.15) is 0 Å². The van der Waals surface area contributed by atoms with E-state index in [1.54, 1.807) is 0 Å². The number of nitrogens with two attached hydrogens (primary N) is 1. The van der Waals surface area contributed by atoms with Crippen LogP contribution in [0.2, 0.25) is 5.02 Å². The molecule has 0 saturated heterocycles. The third-order valence-electron chi connectivity index (χ3n) is 1.78. The highest BCUT2D eigenvalue weighted by atomic mass is 35.5. The van der Waals surface area contributed by atoms with Crippen LogP contribution in [0.4, 0.5) is 0 Å². The molecule has 3 heteroatoms. The third-order valence-corrected chi connectivity index (χ3v) is 2.03. The summed E-state index contributed by atoms with van der Waals surface area (Å²) in [5.74, 6) is 0. The van der Waals surface area contributed by atoms with E-state index in [1.165, 1.54) is 0 Å². The molecule has 0 aromatic heterocycles. The van der Waals surface area contributed by atoms with Gasteiger partial charge in [-0.05, 0) is 24.6 Å². The molecule has 2 N–H and O–H groups in total. The molecule has 0 amide bonds. The van der Waals surface area contributed by atoms with E-state index in [0.29, 0.717) is 13.2 Å². The van der Waals surface area contributed by atoms with Gasteiger partial charge in [0, 0.05) is 11.6 Å². The van der Waals surface area contributed by atoms with Gasteiger partial charge in [0.25, 0.3) is 0 Å². The Hall–Kier alpha value is -0.570. The molecule has 0 heterocycles. The van der Waals surface area contributed by atoms with Crippen molar-refractivity contribution in [2.75, 3.05) is 6.54 Å². The van der Waals surface area contributed by atoms with Crippen LogP contribution >= 0.6 is 11.6 Å². The van der Waals surface area contributed by atoms with Crippen LogP contribution in [0.1, 0.15) is 12.5 Å². The van der Waals surface area contributed by atoms with Crippen LogP contribution < -0.4 is 5.73 Å². The van der Waals surface area contributed by atoms with Crippen molar-refractivity contribution in [2.24, 2.45) is 5.73 Å². The molecule has 1 aromatic rings. The minimum absolute atomic E-state index is 0.107. The van der Waals surface area contributed by atoms with Gasteiger partial charge in [0.2, 0.25) is 0 Å². The molecule has 1 atom stereocenters. The molecule has 0 aliphatic carbocycles. The molecule has 0 spiro atoms. The summed E-state index contributed by atoms with van der Waals surface area (Å²) in [5.41, 5.74) is 6.53. The second-order valence-electron chi connectivity index (χ2n) is 2.98. The Morgan fingerprint density at radius 1 is 1.38 bits per heavy atom. The van der Waals surface area contributed by atoms with Gasteiger partial charge in [0.15, 0.2) is 0 Å². The van der Waals surface area contributed by atoms with E-state index in [-0.39, 0.29) is 6.10 Å². The van der Waals surface area contributed by atoms with Gasteiger partial charge in [-0.25, -0.2) is 0 Å². The SMILES string of the molecule is CC(CN)OCc1ccc(Cl)cc1. The van der Waals surface area contributed by atoms with E-state index < -0.39 is 0 Å². The van der Waals surface area contributed by atoms with E-state index in [9.17, 15) is 0 Å². The zero-order valence-corrected chi connectivity index (χ0v) is 8.42. The Labute approximate surface area is 83.6 Å². The van der Waals surface area contributed by atoms with Gasteiger partial charge in [-0.15, -0.1) is 0 Å². The Balaban J connectivity index is 2.41. The lowest BCUT2D eigenvalue weighted by Crippen LogP contribution is -2.19. The van der Waals surface area contributed by atoms with Crippen LogP contribution in [0, 0.1) is 0 Å². The van der Waals surface area contributed by atoms with Gasteiger partial charge < -0.3 is 10.5 Å². The van der Waals surface area contributed by atoms with Crippen LogP contribution in [-0.4, -0.2) is 12.6 Å². The third kappa shape index (κ3) is 3.77. The number of ether oxygens (including phenoxy) is 1. The molecular weight excluding hydrogens is 186 g/mol. The van der Waals surface area contributed by atoms with Crippen molar-refractivity contribution >= 4 is 11.6 Å². The van der Waals surface area contributed by atoms with Crippen LogP contribution in [0.3, 0.4) is 0 Å². The highest BCUT2D eigenvalue weighted by molar-refractivity contribution is 6.30. The Bertz CT molecular complexity index is 248. The fourth-order valence-corrected chi connectivity index (χ4v) is 1.01. The molecule has 0 bridgehead atoms. The lowest BCUT2D eigenvalue weighted by atomic mass is 10.2. The van der Waals surface area contributed by atoms with Crippen molar-refractivity contribution in [3.05, 3.63) is 34.9 Å². The summed E-state index contributed by atoms with van der Waals surface area (Å²) in [6.07, 6.45) is 0.107. The molecular formula is C10H14ClNO. The molecule has 0 radical (unpaired) electrons. The lowest BCUT2D eigenvalue weighted by Gasteiger charge is -2.09. The fraction of sp³-hybridized carbons (Fsp3) is 0.400. The van der Waals surface area contributed by atoms with E-state index in [2.05, 4.69) is 0 Å². The Morgan fingerprint density at radius 3 is 2.54 bits per heavy atom. The highest BCUT2D eigenvalue weighted by Crippen LogP contribution is 2.10. The van der Waals surface area contributed by atoms with Crippen molar-refractivity contribution in [1.82, 2.24) is 0 Å². The Kier molecular flexibility index (Phi) is 4.22. The quantitative estimate of drug-likeness (QED) is 0.807. The molecule has 0 saturated carbocycles. The maximum absolute atomic E-state index is 5.74. The van der Waals surface area contributed by atoms with Crippen LogP contribution in [-0.2, 0) is 11.3 Å². The molecule has 1 rings (SSSR count). The van der Waals surface area contributed by atoms with E-state index in [4.69, 9.17) is 22.1 Å². The molecule has 0 fully saturated rings. The first-order valence-electron chi connectivity index (χ1n) is 4.28. The van der Waals surface area contributed by atoms with E-state index >= 15 is 0 Å². The van der Waals surface area contributed by atoms with Gasteiger partial charge in [-0.1, -0.05) is 23.7 Å². The summed E-state index contributed by atoms with van der Waals surface area (Å²) in [7, 11) is 0. The molecule has 2 nitrogen and oxygen atoms in total. The van der Waals surface area contributed by atoms with Crippen LogP contribution in [0.15, 0.2) is 24.3 Å². The molecule has 1 aromatic carbocycles. The first kappa shape index (κ1) is 10.5. The number of halogens is 1. The van der Waals surface area contributed by atoms with Crippen LogP contribution in [0.25, 0.3) is 0 Å². The monoisotopic (exact) mass is 199 g/mol. The molecule has 13 heavy (non-hydrogen) atoms. The van der Waals surface area contributed by atoms with Gasteiger partial charge in [-0.3, -0.25) is 0 Å². The highest BCUT2D eigenvalue weighted by Gasteiger charge is 1.99. The zero-order valence-electron chi connectivity index (χ0n) is 7.66. The van der Waals surface area contributed by atoms with Crippen molar-refractivity contribution in [1.29, 1.82) is 0 Å². The maximum atomic E-state index is 5.74. The minimum Gasteiger partial charge on any atom is -0.373 e. The first-order chi connectivity index (χ1) is 6.22. The first-order valence-corrected chi connectivity index (χ1v) is 4.66. The van der Waals surface area contributed by atoms with Crippen LogP contribution in [0.5, 0.6) is 0 Å². The zero-order chi connectivity index (χ0) is 9.68. The van der Waals surface area contributed by atoms with Gasteiger partial charge >= 0.3 is 0 Å². The normalized spacial score (nSPS) is 12.8. The van der Waals surface area contributed by atoms with Crippen molar-refractivity contribution in [2.45, 2.75) is 19.6 Å². The second kappa shape index (κ2) is 5.22. The summed E-state index contributed by atoms with van der Waals surface area (Å²) in [4.78, 5) is 0. The summed E-state index contributed by atoms with van der Waals surface area (Å²) in [6, 6.07) is 7.61. The lowest BCUT2D eigenvalue weighted by molar-refractivity contribution is 0.0590. The number of hydrogen-bond acceptors (Lipinski definition) is 2. The summed E-state index contributed by atoms with van der Waals surface area (Å²) in [5, 5.41) is 0.746. The van der Waals surface area contributed by atoms with Gasteiger partial charge in [0.05, 0.1) is 12.7 Å². The number of rotatable bonds is 4. The van der Waals surface area contributed by atoms with E-state index in [1.807, 2.05) is 31.2 Å². The maximum Gasteiger partial charge on any atom is 0.0721 e. The molecule has 1 unspecified atom stereocenters. The van der Waals surface area contributed by atoms with Crippen molar-refractivity contribution in [3.8, 4) is 0 Å². The second-order valence-corrected chi connectivity index (χ2v) is 3.42. The largest absolute Gasteiger partial charge is 0.373 e. The predicted octanol–water partition coefficient (Wildman–Crippen LogP) is 2.20. The standard InChI is InChI=1S/C10H14ClNO/c1-8(6-12)13-7-9-2-4-10(11)5-3-9/h2-5,8H,6-7,12H2,1H3. The summed E-state index contributed by atoms with van der Waals surface area (Å²) >= 11 is 5.74. The molecule has 0 aliphatic rings. The Morgan fingerprint density at radius 2 is 2.00 bits per heavy atom. The number of benzene rings is 1. The topological polar surface area (TPSA) is 35.2 Å². The average Bonchev–Trinajstić information content (AvgIpc) is 2.16. The summed E-state index contributed by atoms with van der Waals surface area (Å²) in [6.45, 7) is 3.10. The van der Waals surface area contributed by atoms with Crippen molar-refractivity contribution in [3.63, 3.8) is 0 Å². The van der Waals surface area contributed by atoms with E-state index in [0.717, 1.165) is 10.6 Å². The van der Waals surface area contributed by atoms with Gasteiger partial charge in [-0.2, -0.15) is 0 Å². The molecule has 0 aliphatic heterocycles. The number of hydrogen-bond donors (Lipinski definition) is 1. The smallest absolute Gasteiger partial charge is 0.0721 e. The summed E-state index contributed by atoms with van der Waals surface area (Å²) < 4.78 is 5.45. The molecule has 72 valence electrons. The van der Waals surface area contributed by atoms with Crippen molar-refractivity contribution < 1.29 is 4.74 Å². The minimum atomic E-state index is 0.107.